The van der Waals surface area contributed by atoms with E-state index in [0.717, 1.165) is 5.56 Å². The Morgan fingerprint density at radius 3 is 2.61 bits per heavy atom. The Bertz CT molecular complexity index is 504. The minimum Gasteiger partial charge on any atom is -0.397 e. The third-order valence-electron chi connectivity index (χ3n) is 2.85. The van der Waals surface area contributed by atoms with Crippen molar-refractivity contribution in [1.29, 1.82) is 0 Å². The van der Waals surface area contributed by atoms with Crippen molar-refractivity contribution >= 4 is 21.6 Å². The van der Waals surface area contributed by atoms with Gasteiger partial charge in [0.25, 0.3) is 0 Å². The molecule has 18 heavy (non-hydrogen) atoms. The second kappa shape index (κ2) is 5.13. The Kier molecular flexibility index (Phi) is 3.74. The van der Waals surface area contributed by atoms with Crippen molar-refractivity contribution in [3.8, 4) is 0 Å². The first-order valence-electron chi connectivity index (χ1n) is 5.71. The summed E-state index contributed by atoms with van der Waals surface area (Å²) in [5.41, 5.74) is 7.46. The molecule has 6 nitrogen and oxygen atoms in total. The van der Waals surface area contributed by atoms with E-state index in [0.29, 0.717) is 37.7 Å². The molecule has 0 spiro atoms. The van der Waals surface area contributed by atoms with Gasteiger partial charge in [-0.2, -0.15) is 12.7 Å². The van der Waals surface area contributed by atoms with Crippen LogP contribution in [0.3, 0.4) is 0 Å². The van der Waals surface area contributed by atoms with Crippen LogP contribution in [0.5, 0.6) is 0 Å². The van der Waals surface area contributed by atoms with Gasteiger partial charge in [0.15, 0.2) is 0 Å². The van der Waals surface area contributed by atoms with E-state index < -0.39 is 10.2 Å². The molecule has 1 fully saturated rings. The Hall–Kier alpha value is -1.31. The molecule has 0 saturated carbocycles. The maximum atomic E-state index is 12.2. The molecule has 1 saturated heterocycles. The molecule has 0 radical (unpaired) electrons. The van der Waals surface area contributed by atoms with E-state index in [-0.39, 0.29) is 0 Å². The number of rotatable bonds is 3. The lowest BCUT2D eigenvalue weighted by molar-refractivity contribution is 0.0733. The Balaban J connectivity index is 2.22. The van der Waals surface area contributed by atoms with Gasteiger partial charge >= 0.3 is 10.2 Å². The number of hydrogen-bond acceptors (Lipinski definition) is 4. The Morgan fingerprint density at radius 2 is 2.00 bits per heavy atom. The molecule has 1 aromatic rings. The van der Waals surface area contributed by atoms with Gasteiger partial charge < -0.3 is 10.5 Å². The van der Waals surface area contributed by atoms with E-state index in [1.54, 1.807) is 12.1 Å². The fourth-order valence-corrected chi connectivity index (χ4v) is 3.11. The lowest BCUT2D eigenvalue weighted by Crippen LogP contribution is -2.43. The van der Waals surface area contributed by atoms with E-state index >= 15 is 0 Å². The number of hydrogen-bond donors (Lipinski definition) is 2. The van der Waals surface area contributed by atoms with Gasteiger partial charge in [0, 0.05) is 13.1 Å². The van der Waals surface area contributed by atoms with Crippen LogP contribution in [-0.4, -0.2) is 39.0 Å². The summed E-state index contributed by atoms with van der Waals surface area (Å²) in [7, 11) is -3.56. The molecule has 1 heterocycles. The maximum Gasteiger partial charge on any atom is 0.301 e. The van der Waals surface area contributed by atoms with Gasteiger partial charge in [-0.3, -0.25) is 4.72 Å². The summed E-state index contributed by atoms with van der Waals surface area (Å²) in [6.45, 7) is 3.38. The molecule has 2 rings (SSSR count). The standard InChI is InChI=1S/C11H17N3O3S/c1-9-3-2-4-10(12)11(9)13-18(15,16)14-5-7-17-8-6-14/h2-4,13H,5-8,12H2,1H3. The van der Waals surface area contributed by atoms with Gasteiger partial charge in [0.05, 0.1) is 24.6 Å². The predicted molar refractivity (Wildman–Crippen MR) is 70.5 cm³/mol. The second-order valence-electron chi connectivity index (χ2n) is 4.16. The first-order valence-corrected chi connectivity index (χ1v) is 7.15. The topological polar surface area (TPSA) is 84.7 Å². The van der Waals surface area contributed by atoms with E-state index in [1.807, 2.05) is 13.0 Å². The highest BCUT2D eigenvalue weighted by Gasteiger charge is 2.25. The van der Waals surface area contributed by atoms with Crippen molar-refractivity contribution in [2.24, 2.45) is 0 Å². The number of nitrogens with two attached hydrogens (primary N) is 1. The number of aryl methyl sites for hydroxylation is 1. The summed E-state index contributed by atoms with van der Waals surface area (Å²) >= 11 is 0. The fraction of sp³-hybridized carbons (Fsp3) is 0.455. The molecule has 0 unspecified atom stereocenters. The van der Waals surface area contributed by atoms with Crippen molar-refractivity contribution in [2.45, 2.75) is 6.92 Å². The third kappa shape index (κ3) is 2.74. The minimum absolute atomic E-state index is 0.362. The van der Waals surface area contributed by atoms with E-state index in [9.17, 15) is 8.42 Å². The molecule has 0 atom stereocenters. The molecular formula is C11H17N3O3S. The maximum absolute atomic E-state index is 12.2. The number of ether oxygens (including phenoxy) is 1. The van der Waals surface area contributed by atoms with Crippen LogP contribution >= 0.6 is 0 Å². The summed E-state index contributed by atoms with van der Waals surface area (Å²) in [4.78, 5) is 0. The zero-order chi connectivity index (χ0) is 13.2. The second-order valence-corrected chi connectivity index (χ2v) is 5.83. The zero-order valence-electron chi connectivity index (χ0n) is 10.2. The minimum atomic E-state index is -3.56. The number of benzene rings is 1. The highest BCUT2D eigenvalue weighted by molar-refractivity contribution is 7.90. The van der Waals surface area contributed by atoms with Crippen molar-refractivity contribution < 1.29 is 13.2 Å². The van der Waals surface area contributed by atoms with Crippen LogP contribution in [0, 0.1) is 6.92 Å². The molecule has 0 amide bonds. The predicted octanol–water partition coefficient (Wildman–Crippen LogP) is 0.566. The van der Waals surface area contributed by atoms with E-state index in [1.165, 1.54) is 4.31 Å². The Morgan fingerprint density at radius 1 is 1.33 bits per heavy atom. The quantitative estimate of drug-likeness (QED) is 0.787. The normalized spacial score (nSPS) is 17.6. The highest BCUT2D eigenvalue weighted by atomic mass is 32.2. The summed E-state index contributed by atoms with van der Waals surface area (Å²) in [5, 5.41) is 0. The SMILES string of the molecule is Cc1cccc(N)c1NS(=O)(=O)N1CCOCC1. The van der Waals surface area contributed by atoms with Crippen molar-refractivity contribution in [1.82, 2.24) is 4.31 Å². The molecular weight excluding hydrogens is 254 g/mol. The average molecular weight is 271 g/mol. The smallest absolute Gasteiger partial charge is 0.301 e. The molecule has 0 aromatic heterocycles. The molecule has 0 aliphatic carbocycles. The number of morpholine rings is 1. The zero-order valence-corrected chi connectivity index (χ0v) is 11.0. The fourth-order valence-electron chi connectivity index (χ4n) is 1.81. The number of para-hydroxylation sites is 1. The molecule has 3 N–H and O–H groups in total. The van der Waals surface area contributed by atoms with Crippen molar-refractivity contribution in [3.63, 3.8) is 0 Å². The van der Waals surface area contributed by atoms with E-state index in [4.69, 9.17) is 10.5 Å². The van der Waals surface area contributed by atoms with Crippen molar-refractivity contribution in [3.05, 3.63) is 23.8 Å². The molecule has 1 aromatic carbocycles. The summed E-state index contributed by atoms with van der Waals surface area (Å²) in [5.74, 6) is 0. The summed E-state index contributed by atoms with van der Waals surface area (Å²) in [6.07, 6.45) is 0. The Labute approximate surface area is 107 Å². The van der Waals surface area contributed by atoms with Crippen LogP contribution in [0.4, 0.5) is 11.4 Å². The first kappa shape index (κ1) is 13.1. The number of nitrogens with zero attached hydrogens (tertiary/aromatic N) is 1. The van der Waals surface area contributed by atoms with Crippen LogP contribution < -0.4 is 10.5 Å². The van der Waals surface area contributed by atoms with Gasteiger partial charge in [-0.05, 0) is 18.6 Å². The van der Waals surface area contributed by atoms with Crippen LogP contribution in [0.2, 0.25) is 0 Å². The lowest BCUT2D eigenvalue weighted by Gasteiger charge is -2.27. The van der Waals surface area contributed by atoms with Gasteiger partial charge in [-0.25, -0.2) is 0 Å². The number of nitrogen functional groups attached to an aromatic ring is 1. The summed E-state index contributed by atoms with van der Waals surface area (Å²) in [6, 6.07) is 5.27. The van der Waals surface area contributed by atoms with Crippen LogP contribution in [0.15, 0.2) is 18.2 Å². The van der Waals surface area contributed by atoms with Crippen molar-refractivity contribution in [2.75, 3.05) is 36.8 Å². The highest BCUT2D eigenvalue weighted by Crippen LogP contribution is 2.24. The molecule has 1 aliphatic rings. The van der Waals surface area contributed by atoms with Gasteiger partial charge in [-0.15, -0.1) is 0 Å². The molecule has 0 bridgehead atoms. The summed E-state index contributed by atoms with van der Waals surface area (Å²) < 4.78 is 33.4. The molecule has 7 heteroatoms. The van der Waals surface area contributed by atoms with Crippen LogP contribution in [0.1, 0.15) is 5.56 Å². The van der Waals surface area contributed by atoms with Gasteiger partial charge in [-0.1, -0.05) is 12.1 Å². The largest absolute Gasteiger partial charge is 0.397 e. The van der Waals surface area contributed by atoms with Gasteiger partial charge in [0.2, 0.25) is 0 Å². The average Bonchev–Trinajstić information content (AvgIpc) is 2.35. The lowest BCUT2D eigenvalue weighted by atomic mass is 10.2. The van der Waals surface area contributed by atoms with Gasteiger partial charge in [0.1, 0.15) is 0 Å². The third-order valence-corrected chi connectivity index (χ3v) is 4.35. The van der Waals surface area contributed by atoms with Crippen LogP contribution in [-0.2, 0) is 14.9 Å². The number of anilines is 2. The monoisotopic (exact) mass is 271 g/mol. The number of nitrogens with one attached hydrogen (secondary N) is 1. The molecule has 1 aliphatic heterocycles. The first-order chi connectivity index (χ1) is 8.50. The van der Waals surface area contributed by atoms with Crippen LogP contribution in [0.25, 0.3) is 0 Å². The van der Waals surface area contributed by atoms with E-state index in [2.05, 4.69) is 4.72 Å². The molecule has 100 valence electrons.